The first-order valence-electron chi connectivity index (χ1n) is 5.76. The van der Waals surface area contributed by atoms with E-state index in [2.05, 4.69) is 50.8 Å². The quantitative estimate of drug-likeness (QED) is 0.730. The van der Waals surface area contributed by atoms with Crippen LogP contribution < -0.4 is 0 Å². The van der Waals surface area contributed by atoms with Gasteiger partial charge in [-0.3, -0.25) is 0 Å². The van der Waals surface area contributed by atoms with Crippen molar-refractivity contribution in [3.05, 3.63) is 23.5 Å². The Morgan fingerprint density at radius 3 is 2.40 bits per heavy atom. The van der Waals surface area contributed by atoms with Crippen molar-refractivity contribution >= 4 is 11.8 Å². The average molecular weight is 225 g/mol. The molecule has 0 aliphatic heterocycles. The summed E-state index contributed by atoms with van der Waals surface area (Å²) in [6, 6.07) is 2.87. The van der Waals surface area contributed by atoms with Gasteiger partial charge in [0.05, 0.1) is 0 Å². The normalized spacial score (nSPS) is 11.7. The first kappa shape index (κ1) is 12.7. The Hall–Kier alpha value is -0.370. The molecule has 0 aliphatic carbocycles. The van der Waals surface area contributed by atoms with Crippen LogP contribution in [0.4, 0.5) is 0 Å². The highest BCUT2D eigenvalue weighted by molar-refractivity contribution is 7.98. The summed E-state index contributed by atoms with van der Waals surface area (Å²) in [4.78, 5) is 0. The van der Waals surface area contributed by atoms with Crippen molar-refractivity contribution in [1.29, 1.82) is 0 Å². The maximum Gasteiger partial charge on any atom is 0.0276 e. The number of rotatable bonds is 5. The Morgan fingerprint density at radius 2 is 1.93 bits per heavy atom. The van der Waals surface area contributed by atoms with Crippen LogP contribution in [0, 0.1) is 0 Å². The van der Waals surface area contributed by atoms with Gasteiger partial charge in [0.25, 0.3) is 0 Å². The zero-order valence-electron chi connectivity index (χ0n) is 10.6. The van der Waals surface area contributed by atoms with Gasteiger partial charge in [0.15, 0.2) is 0 Å². The molecule has 1 aromatic heterocycles. The van der Waals surface area contributed by atoms with E-state index in [1.54, 1.807) is 0 Å². The number of aromatic nitrogens is 1. The smallest absolute Gasteiger partial charge is 0.0276 e. The molecule has 1 heterocycles. The first-order valence-corrected chi connectivity index (χ1v) is 7.15. The van der Waals surface area contributed by atoms with E-state index in [0.29, 0.717) is 12.0 Å². The Balaban J connectivity index is 2.97. The van der Waals surface area contributed by atoms with E-state index in [0.717, 1.165) is 0 Å². The van der Waals surface area contributed by atoms with Crippen molar-refractivity contribution in [2.45, 2.75) is 46.1 Å². The van der Waals surface area contributed by atoms with Crippen molar-refractivity contribution in [2.24, 2.45) is 0 Å². The molecule has 0 aliphatic rings. The lowest BCUT2D eigenvalue weighted by Gasteiger charge is -2.15. The minimum atomic E-state index is 0.578. The predicted octanol–water partition coefficient (Wildman–Crippen LogP) is 4.10. The van der Waals surface area contributed by atoms with Crippen LogP contribution in [-0.2, 0) is 6.42 Å². The zero-order chi connectivity index (χ0) is 11.4. The van der Waals surface area contributed by atoms with Crippen molar-refractivity contribution in [3.63, 3.8) is 0 Å². The summed E-state index contributed by atoms with van der Waals surface area (Å²) in [5.41, 5.74) is 3.06. The van der Waals surface area contributed by atoms with Gasteiger partial charge in [-0.15, -0.1) is 0 Å². The minimum Gasteiger partial charge on any atom is -0.349 e. The van der Waals surface area contributed by atoms with Gasteiger partial charge in [-0.25, -0.2) is 0 Å². The van der Waals surface area contributed by atoms with E-state index < -0.39 is 0 Å². The molecule has 1 nitrogen and oxygen atoms in total. The van der Waals surface area contributed by atoms with E-state index >= 15 is 0 Å². The van der Waals surface area contributed by atoms with Gasteiger partial charge in [0.1, 0.15) is 0 Å². The summed E-state index contributed by atoms with van der Waals surface area (Å²) in [5, 5.41) is 0. The van der Waals surface area contributed by atoms with Crippen LogP contribution in [0.2, 0.25) is 0 Å². The molecule has 15 heavy (non-hydrogen) atoms. The molecule has 0 bridgehead atoms. The van der Waals surface area contributed by atoms with E-state index in [1.807, 2.05) is 11.8 Å². The molecule has 0 fully saturated rings. The van der Waals surface area contributed by atoms with E-state index in [4.69, 9.17) is 0 Å². The average Bonchev–Trinajstić information content (AvgIpc) is 2.57. The highest BCUT2D eigenvalue weighted by Gasteiger charge is 2.12. The molecule has 1 aromatic rings. The summed E-state index contributed by atoms with van der Waals surface area (Å²) >= 11 is 1.93. The second kappa shape index (κ2) is 5.64. The van der Waals surface area contributed by atoms with Crippen LogP contribution in [0.25, 0.3) is 0 Å². The Morgan fingerprint density at radius 1 is 1.27 bits per heavy atom. The molecular formula is C13H23NS. The predicted molar refractivity (Wildman–Crippen MR) is 71.0 cm³/mol. The van der Waals surface area contributed by atoms with Crippen molar-refractivity contribution < 1.29 is 0 Å². The molecule has 0 saturated heterocycles. The number of hydrogen-bond acceptors (Lipinski definition) is 1. The van der Waals surface area contributed by atoms with Crippen LogP contribution in [0.3, 0.4) is 0 Å². The van der Waals surface area contributed by atoms with Gasteiger partial charge < -0.3 is 4.57 Å². The zero-order valence-corrected chi connectivity index (χ0v) is 11.4. The molecule has 86 valence electrons. The van der Waals surface area contributed by atoms with Crippen LogP contribution >= 0.6 is 11.8 Å². The van der Waals surface area contributed by atoms with E-state index in [9.17, 15) is 0 Å². The highest BCUT2D eigenvalue weighted by Crippen LogP contribution is 2.24. The molecule has 0 N–H and O–H groups in total. The Bertz CT molecular complexity index is 274. The summed E-state index contributed by atoms with van der Waals surface area (Å²) in [7, 11) is 0. The van der Waals surface area contributed by atoms with Crippen LogP contribution in [0.15, 0.2) is 12.3 Å². The third-order valence-corrected chi connectivity index (χ3v) is 3.39. The van der Waals surface area contributed by atoms with Crippen LogP contribution in [-0.4, -0.2) is 16.6 Å². The fraction of sp³-hybridized carbons (Fsp3) is 0.692. The molecular weight excluding hydrogens is 202 g/mol. The van der Waals surface area contributed by atoms with Crippen molar-refractivity contribution in [2.75, 3.05) is 12.0 Å². The summed E-state index contributed by atoms with van der Waals surface area (Å²) in [6.45, 7) is 9.07. The molecule has 0 radical (unpaired) electrons. The van der Waals surface area contributed by atoms with Crippen LogP contribution in [0.1, 0.15) is 50.9 Å². The number of hydrogen-bond donors (Lipinski definition) is 0. The molecule has 0 atom stereocenters. The highest BCUT2D eigenvalue weighted by atomic mass is 32.2. The molecule has 1 rings (SSSR count). The Kier molecular flexibility index (Phi) is 4.78. The maximum atomic E-state index is 2.42. The van der Waals surface area contributed by atoms with Gasteiger partial charge in [-0.05, 0) is 49.8 Å². The molecule has 0 amide bonds. The minimum absolute atomic E-state index is 0.578. The lowest BCUT2D eigenvalue weighted by Crippen LogP contribution is -2.07. The van der Waals surface area contributed by atoms with Crippen LogP contribution in [0.5, 0.6) is 0 Å². The van der Waals surface area contributed by atoms with Crippen molar-refractivity contribution in [3.8, 4) is 0 Å². The lowest BCUT2D eigenvalue weighted by molar-refractivity contribution is 0.575. The fourth-order valence-electron chi connectivity index (χ4n) is 1.98. The third kappa shape index (κ3) is 3.04. The number of nitrogens with zero attached hydrogens (tertiary/aromatic N) is 1. The number of thioether (sulfide) groups is 1. The van der Waals surface area contributed by atoms with Gasteiger partial charge in [-0.1, -0.05) is 13.8 Å². The van der Waals surface area contributed by atoms with Gasteiger partial charge >= 0.3 is 0 Å². The summed E-state index contributed by atoms with van der Waals surface area (Å²) in [5.74, 6) is 1.86. The summed E-state index contributed by atoms with van der Waals surface area (Å²) in [6.07, 6.45) is 5.62. The van der Waals surface area contributed by atoms with E-state index in [1.165, 1.54) is 23.4 Å². The summed E-state index contributed by atoms with van der Waals surface area (Å²) < 4.78 is 2.42. The standard InChI is InChI=1S/C13H23NS/c1-10(2)12-6-8-14(11(3)4)13(12)7-9-15-5/h6,8,10-11H,7,9H2,1-5H3. The maximum absolute atomic E-state index is 2.42. The van der Waals surface area contributed by atoms with E-state index in [-0.39, 0.29) is 0 Å². The second-order valence-corrected chi connectivity index (χ2v) is 5.60. The molecule has 0 aromatic carbocycles. The third-order valence-electron chi connectivity index (χ3n) is 2.78. The largest absolute Gasteiger partial charge is 0.349 e. The van der Waals surface area contributed by atoms with Crippen molar-refractivity contribution in [1.82, 2.24) is 4.57 Å². The van der Waals surface area contributed by atoms with Gasteiger partial charge in [0.2, 0.25) is 0 Å². The van der Waals surface area contributed by atoms with Gasteiger partial charge in [-0.2, -0.15) is 11.8 Å². The Labute approximate surface area is 98.3 Å². The molecule has 0 unspecified atom stereocenters. The molecule has 2 heteroatoms. The van der Waals surface area contributed by atoms with Gasteiger partial charge in [0, 0.05) is 17.9 Å². The first-order chi connectivity index (χ1) is 7.07. The topological polar surface area (TPSA) is 4.93 Å². The lowest BCUT2D eigenvalue weighted by atomic mass is 10.0. The second-order valence-electron chi connectivity index (χ2n) is 4.62. The fourth-order valence-corrected chi connectivity index (χ4v) is 2.37. The molecule has 0 spiro atoms. The SMILES string of the molecule is CSCCc1c(C(C)C)ccn1C(C)C. The molecule has 0 saturated carbocycles. The monoisotopic (exact) mass is 225 g/mol.